The van der Waals surface area contributed by atoms with Crippen LogP contribution in [0.25, 0.3) is 10.2 Å². The second-order valence-electron chi connectivity index (χ2n) is 4.35. The smallest absolute Gasteiger partial charge is 0.0983 e. The third-order valence-corrected chi connectivity index (χ3v) is 4.62. The molecule has 2 nitrogen and oxygen atoms in total. The Morgan fingerprint density at radius 2 is 1.84 bits per heavy atom. The molecular weight excluding hydrogens is 276 g/mol. The Labute approximate surface area is 120 Å². The van der Waals surface area contributed by atoms with Crippen LogP contribution in [-0.2, 0) is 13.0 Å². The van der Waals surface area contributed by atoms with E-state index in [9.17, 15) is 0 Å². The monoisotopic (exact) mass is 288 g/mol. The van der Waals surface area contributed by atoms with Gasteiger partial charge < -0.3 is 5.73 Å². The van der Waals surface area contributed by atoms with Crippen molar-refractivity contribution in [3.8, 4) is 0 Å². The number of fused-ring (bicyclic) bond motifs is 1. The summed E-state index contributed by atoms with van der Waals surface area (Å²) in [6.07, 6.45) is 0.809. The Balaban J connectivity index is 1.99. The van der Waals surface area contributed by atoms with E-state index in [4.69, 9.17) is 17.3 Å². The fraction of sp³-hybridized carbons (Fsp3) is 0.133. The lowest BCUT2D eigenvalue weighted by atomic mass is 10.1. The minimum atomic E-state index is 0.557. The highest BCUT2D eigenvalue weighted by Crippen LogP contribution is 2.30. The van der Waals surface area contributed by atoms with Gasteiger partial charge in [-0.3, -0.25) is 0 Å². The van der Waals surface area contributed by atoms with E-state index in [2.05, 4.69) is 17.1 Å². The fourth-order valence-electron chi connectivity index (χ4n) is 2.13. The van der Waals surface area contributed by atoms with Gasteiger partial charge in [0.15, 0.2) is 0 Å². The fourth-order valence-corrected chi connectivity index (χ4v) is 3.41. The second-order valence-corrected chi connectivity index (χ2v) is 5.84. The van der Waals surface area contributed by atoms with Gasteiger partial charge >= 0.3 is 0 Å². The molecule has 0 bridgehead atoms. The number of halogens is 1. The minimum Gasteiger partial charge on any atom is -0.326 e. The van der Waals surface area contributed by atoms with Crippen LogP contribution in [0.1, 0.15) is 16.1 Å². The van der Waals surface area contributed by atoms with Crippen LogP contribution in [0.4, 0.5) is 0 Å². The number of thiazole rings is 1. The average Bonchev–Trinajstić information content (AvgIpc) is 2.83. The molecule has 1 heterocycles. The first-order chi connectivity index (χ1) is 9.28. The van der Waals surface area contributed by atoms with E-state index in [1.807, 2.05) is 30.3 Å². The van der Waals surface area contributed by atoms with Gasteiger partial charge in [0.1, 0.15) is 0 Å². The van der Waals surface area contributed by atoms with E-state index < -0.39 is 0 Å². The molecule has 0 aliphatic carbocycles. The van der Waals surface area contributed by atoms with Crippen molar-refractivity contribution < 1.29 is 0 Å². The summed E-state index contributed by atoms with van der Waals surface area (Å²) in [6, 6.07) is 14.1. The predicted molar refractivity (Wildman–Crippen MR) is 81.8 cm³/mol. The number of benzene rings is 2. The maximum Gasteiger partial charge on any atom is 0.0983 e. The Hall–Kier alpha value is -1.42. The summed E-state index contributed by atoms with van der Waals surface area (Å²) in [7, 11) is 0. The molecule has 0 saturated carbocycles. The summed E-state index contributed by atoms with van der Waals surface area (Å²) >= 11 is 7.84. The third-order valence-electron chi connectivity index (χ3n) is 3.09. The Kier molecular flexibility index (Phi) is 3.51. The van der Waals surface area contributed by atoms with Crippen LogP contribution in [0.3, 0.4) is 0 Å². The molecular formula is C15H13ClN2S. The Bertz CT molecular complexity index is 721. The number of nitrogens with two attached hydrogens (primary N) is 1. The first-order valence-electron chi connectivity index (χ1n) is 6.08. The molecule has 0 atom stereocenters. The van der Waals surface area contributed by atoms with Gasteiger partial charge in [-0.1, -0.05) is 41.9 Å². The molecule has 3 aromatic rings. The van der Waals surface area contributed by atoms with Crippen molar-refractivity contribution >= 4 is 33.2 Å². The summed E-state index contributed by atoms with van der Waals surface area (Å²) in [5, 5.41) is 1.84. The maximum absolute atomic E-state index is 6.18. The largest absolute Gasteiger partial charge is 0.326 e. The van der Waals surface area contributed by atoms with Crippen LogP contribution in [0.15, 0.2) is 42.5 Å². The van der Waals surface area contributed by atoms with Crippen molar-refractivity contribution in [2.45, 2.75) is 13.0 Å². The zero-order valence-corrected chi connectivity index (χ0v) is 11.8. The summed E-state index contributed by atoms with van der Waals surface area (Å²) in [4.78, 5) is 4.64. The van der Waals surface area contributed by atoms with Crippen LogP contribution in [0, 0.1) is 0 Å². The standard InChI is InChI=1S/C15H13ClN2S/c16-12-6-3-7-13-15(12)19-14(18-13)8-10-4-1-2-5-11(10)9-17/h1-7H,8-9,17H2. The van der Waals surface area contributed by atoms with E-state index in [1.165, 1.54) is 11.1 Å². The van der Waals surface area contributed by atoms with Gasteiger partial charge in [0.2, 0.25) is 0 Å². The lowest BCUT2D eigenvalue weighted by molar-refractivity contribution is 1.01. The van der Waals surface area contributed by atoms with Crippen molar-refractivity contribution in [2.24, 2.45) is 5.73 Å². The van der Waals surface area contributed by atoms with E-state index in [-0.39, 0.29) is 0 Å². The van der Waals surface area contributed by atoms with E-state index in [1.54, 1.807) is 11.3 Å². The molecule has 0 amide bonds. The molecule has 0 radical (unpaired) electrons. The molecule has 0 spiro atoms. The van der Waals surface area contributed by atoms with Crippen LogP contribution >= 0.6 is 22.9 Å². The third kappa shape index (κ3) is 2.50. The molecule has 4 heteroatoms. The number of hydrogen-bond acceptors (Lipinski definition) is 3. The number of rotatable bonds is 3. The van der Waals surface area contributed by atoms with E-state index in [0.29, 0.717) is 6.54 Å². The number of hydrogen-bond donors (Lipinski definition) is 1. The average molecular weight is 289 g/mol. The van der Waals surface area contributed by atoms with Gasteiger partial charge in [-0.05, 0) is 23.3 Å². The summed E-state index contributed by atoms with van der Waals surface area (Å²) in [5.41, 5.74) is 9.15. The van der Waals surface area contributed by atoms with E-state index >= 15 is 0 Å². The lowest BCUT2D eigenvalue weighted by Gasteiger charge is -2.04. The number of aromatic nitrogens is 1. The Morgan fingerprint density at radius 1 is 1.05 bits per heavy atom. The second kappa shape index (κ2) is 5.29. The molecule has 3 rings (SSSR count). The van der Waals surface area contributed by atoms with Gasteiger partial charge in [-0.2, -0.15) is 0 Å². The highest BCUT2D eigenvalue weighted by atomic mass is 35.5. The molecule has 0 aliphatic heterocycles. The van der Waals surface area contributed by atoms with Gasteiger partial charge in [0.25, 0.3) is 0 Å². The zero-order valence-electron chi connectivity index (χ0n) is 10.3. The van der Waals surface area contributed by atoms with Gasteiger partial charge in [0.05, 0.1) is 20.2 Å². The van der Waals surface area contributed by atoms with Crippen LogP contribution in [-0.4, -0.2) is 4.98 Å². The highest BCUT2D eigenvalue weighted by Gasteiger charge is 2.09. The quantitative estimate of drug-likeness (QED) is 0.791. The summed E-state index contributed by atoms with van der Waals surface area (Å²) in [6.45, 7) is 0.557. The molecule has 0 unspecified atom stereocenters. The van der Waals surface area contributed by atoms with Crippen LogP contribution in [0.2, 0.25) is 5.02 Å². The summed E-state index contributed by atoms with van der Waals surface area (Å²) in [5.74, 6) is 0. The zero-order chi connectivity index (χ0) is 13.2. The minimum absolute atomic E-state index is 0.557. The van der Waals surface area contributed by atoms with Crippen molar-refractivity contribution in [1.29, 1.82) is 0 Å². The van der Waals surface area contributed by atoms with Gasteiger partial charge in [0, 0.05) is 13.0 Å². The predicted octanol–water partition coefficient (Wildman–Crippen LogP) is 4.00. The van der Waals surface area contributed by atoms with Crippen LogP contribution < -0.4 is 5.73 Å². The molecule has 19 heavy (non-hydrogen) atoms. The molecule has 0 aliphatic rings. The normalized spacial score (nSPS) is 11.1. The molecule has 1 aromatic heterocycles. The van der Waals surface area contributed by atoms with Crippen molar-refractivity contribution in [2.75, 3.05) is 0 Å². The molecule has 2 N–H and O–H groups in total. The van der Waals surface area contributed by atoms with Crippen molar-refractivity contribution in [3.05, 3.63) is 63.6 Å². The molecule has 2 aromatic carbocycles. The lowest BCUT2D eigenvalue weighted by Crippen LogP contribution is -2.01. The van der Waals surface area contributed by atoms with Gasteiger partial charge in [-0.15, -0.1) is 11.3 Å². The SMILES string of the molecule is NCc1ccccc1Cc1nc2cccc(Cl)c2s1. The first-order valence-corrected chi connectivity index (χ1v) is 7.28. The highest BCUT2D eigenvalue weighted by molar-refractivity contribution is 7.19. The Morgan fingerprint density at radius 3 is 2.58 bits per heavy atom. The maximum atomic E-state index is 6.18. The number of nitrogens with zero attached hydrogens (tertiary/aromatic N) is 1. The summed E-state index contributed by atoms with van der Waals surface area (Å²) < 4.78 is 1.06. The van der Waals surface area contributed by atoms with Crippen LogP contribution in [0.5, 0.6) is 0 Å². The first kappa shape index (κ1) is 12.6. The molecule has 96 valence electrons. The van der Waals surface area contributed by atoms with Gasteiger partial charge in [-0.25, -0.2) is 4.98 Å². The van der Waals surface area contributed by atoms with Crippen molar-refractivity contribution in [3.63, 3.8) is 0 Å². The van der Waals surface area contributed by atoms with Crippen molar-refractivity contribution in [1.82, 2.24) is 4.98 Å². The molecule has 0 saturated heterocycles. The molecule has 0 fully saturated rings. The van der Waals surface area contributed by atoms with E-state index in [0.717, 1.165) is 26.7 Å². The topological polar surface area (TPSA) is 38.9 Å².